The van der Waals surface area contributed by atoms with Gasteiger partial charge in [-0.1, -0.05) is 59.3 Å². The van der Waals surface area contributed by atoms with Gasteiger partial charge in [0.2, 0.25) is 0 Å². The second-order valence-electron chi connectivity index (χ2n) is 12.8. The lowest BCUT2D eigenvalue weighted by Crippen LogP contribution is -2.57. The molecule has 32 heavy (non-hydrogen) atoms. The van der Waals surface area contributed by atoms with Crippen LogP contribution in [0.2, 0.25) is 0 Å². The van der Waals surface area contributed by atoms with Crippen LogP contribution in [0.5, 0.6) is 0 Å². The average Bonchev–Trinajstić information content (AvgIpc) is 3.37. The minimum atomic E-state index is -0.169. The summed E-state index contributed by atoms with van der Waals surface area (Å²) in [6, 6.07) is 0. The van der Waals surface area contributed by atoms with E-state index in [1.807, 2.05) is 0 Å². The molecule has 10 atom stereocenters. The highest BCUT2D eigenvalue weighted by atomic mass is 16.7. The predicted molar refractivity (Wildman–Crippen MR) is 129 cm³/mol. The zero-order valence-corrected chi connectivity index (χ0v) is 21.3. The third kappa shape index (κ3) is 3.40. The molecule has 0 bridgehead atoms. The van der Waals surface area contributed by atoms with Crippen molar-refractivity contribution in [2.45, 2.75) is 105 Å². The van der Waals surface area contributed by atoms with E-state index >= 15 is 0 Å². The molecule has 0 radical (unpaired) electrons. The monoisotopic (exact) mass is 442 g/mol. The normalized spacial score (nSPS) is 47.9. The molecule has 1 unspecified atom stereocenters. The van der Waals surface area contributed by atoms with E-state index in [1.54, 1.807) is 11.1 Å². The lowest BCUT2D eigenvalue weighted by atomic mass is 9.47. The number of aliphatic hydroxyl groups is 1. The van der Waals surface area contributed by atoms with Crippen LogP contribution in [0.15, 0.2) is 23.3 Å². The van der Waals surface area contributed by atoms with Crippen molar-refractivity contribution in [1.82, 2.24) is 0 Å². The quantitative estimate of drug-likeness (QED) is 0.504. The highest BCUT2D eigenvalue weighted by Crippen LogP contribution is 2.67. The fourth-order valence-corrected chi connectivity index (χ4v) is 8.61. The Morgan fingerprint density at radius 3 is 2.53 bits per heavy atom. The SMILES string of the molecule is CC(C)[C@@H](C)C=C[C@@H](C)[C@H]1CCC2=C3[C@@H]4OCO[C@@H]4C4C[C@@H](O)CC[C@]4(C)[C@H]3CC[C@@]21C. The topological polar surface area (TPSA) is 38.7 Å². The van der Waals surface area contributed by atoms with Gasteiger partial charge in [-0.3, -0.25) is 0 Å². The molecule has 4 aliphatic carbocycles. The smallest absolute Gasteiger partial charge is 0.148 e. The van der Waals surface area contributed by atoms with Crippen LogP contribution in [0.4, 0.5) is 0 Å². The van der Waals surface area contributed by atoms with Gasteiger partial charge in [0.05, 0.1) is 12.2 Å². The highest BCUT2D eigenvalue weighted by molar-refractivity contribution is 5.39. The maximum absolute atomic E-state index is 10.5. The molecule has 0 aromatic rings. The standard InChI is InChI=1S/C29H46O3/c1-17(2)18(3)7-8-19(4)21-9-10-22-25-23(12-14-28(21,22)5)29(6)13-11-20(30)15-24(29)26-27(25)32-16-31-26/h7-8,17-21,23-24,26-27,30H,9-16H2,1-6H3/t18-,19+,20-,21+,23-,24?,26+,27-,28+,29+/m0/s1. The summed E-state index contributed by atoms with van der Waals surface area (Å²) in [5, 5.41) is 10.5. The van der Waals surface area contributed by atoms with E-state index in [-0.39, 0.29) is 23.7 Å². The van der Waals surface area contributed by atoms with E-state index in [4.69, 9.17) is 9.47 Å². The number of ether oxygens (including phenoxy) is 2. The van der Waals surface area contributed by atoms with E-state index in [2.05, 4.69) is 53.7 Å². The van der Waals surface area contributed by atoms with Gasteiger partial charge in [0.15, 0.2) is 0 Å². The third-order valence-corrected chi connectivity index (χ3v) is 11.0. The van der Waals surface area contributed by atoms with Crippen LogP contribution < -0.4 is 0 Å². The van der Waals surface area contributed by atoms with Crippen LogP contribution in [0, 0.1) is 46.3 Å². The van der Waals surface area contributed by atoms with Crippen molar-refractivity contribution in [1.29, 1.82) is 0 Å². The first-order chi connectivity index (χ1) is 15.2. The van der Waals surface area contributed by atoms with Gasteiger partial charge >= 0.3 is 0 Å². The molecular weight excluding hydrogens is 396 g/mol. The van der Waals surface area contributed by atoms with Crippen LogP contribution >= 0.6 is 0 Å². The fraction of sp³-hybridized carbons (Fsp3) is 0.862. The molecule has 0 aromatic carbocycles. The van der Waals surface area contributed by atoms with Crippen LogP contribution in [0.3, 0.4) is 0 Å². The molecule has 3 heteroatoms. The molecule has 3 nitrogen and oxygen atoms in total. The van der Waals surface area contributed by atoms with Crippen LogP contribution in [-0.2, 0) is 9.47 Å². The molecule has 1 saturated heterocycles. The molecular formula is C29H46O3. The summed E-state index contributed by atoms with van der Waals surface area (Å²) in [5.74, 6) is 3.71. The van der Waals surface area contributed by atoms with Gasteiger partial charge in [-0.2, -0.15) is 0 Å². The first-order valence-corrected chi connectivity index (χ1v) is 13.5. The first kappa shape index (κ1) is 23.1. The largest absolute Gasteiger partial charge is 0.393 e. The summed E-state index contributed by atoms with van der Waals surface area (Å²) in [4.78, 5) is 0. The Balaban J connectivity index is 1.49. The van der Waals surface area contributed by atoms with E-state index in [0.29, 0.717) is 41.8 Å². The van der Waals surface area contributed by atoms with Crippen LogP contribution in [0.1, 0.15) is 86.5 Å². The van der Waals surface area contributed by atoms with Crippen molar-refractivity contribution in [3.8, 4) is 0 Å². The second-order valence-corrected chi connectivity index (χ2v) is 12.8. The number of fused-ring (bicyclic) bond motifs is 7. The summed E-state index contributed by atoms with van der Waals surface area (Å²) >= 11 is 0. The summed E-state index contributed by atoms with van der Waals surface area (Å²) < 4.78 is 12.6. The first-order valence-electron chi connectivity index (χ1n) is 13.5. The molecule has 1 N–H and O–H groups in total. The zero-order chi connectivity index (χ0) is 22.8. The molecule has 4 fully saturated rings. The second kappa shape index (κ2) is 8.24. The van der Waals surface area contributed by atoms with E-state index in [1.165, 1.54) is 25.7 Å². The van der Waals surface area contributed by atoms with Gasteiger partial charge in [-0.15, -0.1) is 0 Å². The molecule has 1 heterocycles. The van der Waals surface area contributed by atoms with E-state index in [0.717, 1.165) is 25.2 Å². The molecule has 0 spiro atoms. The molecule has 5 aliphatic rings. The molecule has 0 aromatic heterocycles. The van der Waals surface area contributed by atoms with Crippen molar-refractivity contribution in [2.75, 3.05) is 6.79 Å². The number of aliphatic hydroxyl groups excluding tert-OH is 1. The highest BCUT2D eigenvalue weighted by Gasteiger charge is 2.62. The van der Waals surface area contributed by atoms with Gasteiger partial charge in [-0.05, 0) is 96.9 Å². The lowest BCUT2D eigenvalue weighted by molar-refractivity contribution is -0.104. The zero-order valence-electron chi connectivity index (χ0n) is 21.3. The Morgan fingerprint density at radius 1 is 1.00 bits per heavy atom. The third-order valence-electron chi connectivity index (χ3n) is 11.0. The predicted octanol–water partition coefficient (Wildman–Crippen LogP) is 6.52. The summed E-state index contributed by atoms with van der Waals surface area (Å²) in [6.07, 6.45) is 13.2. The molecule has 180 valence electrons. The van der Waals surface area contributed by atoms with E-state index in [9.17, 15) is 5.11 Å². The fourth-order valence-electron chi connectivity index (χ4n) is 8.61. The number of rotatable bonds is 4. The Labute approximate surface area is 196 Å². The summed E-state index contributed by atoms with van der Waals surface area (Å²) in [6.45, 7) is 15.0. The van der Waals surface area contributed by atoms with Gasteiger partial charge in [-0.25, -0.2) is 0 Å². The Morgan fingerprint density at radius 2 is 1.78 bits per heavy atom. The van der Waals surface area contributed by atoms with Crippen LogP contribution in [0.25, 0.3) is 0 Å². The van der Waals surface area contributed by atoms with E-state index < -0.39 is 0 Å². The number of allylic oxidation sites excluding steroid dienone is 3. The average molecular weight is 443 g/mol. The Kier molecular flexibility index (Phi) is 5.95. The number of hydrogen-bond acceptors (Lipinski definition) is 3. The van der Waals surface area contributed by atoms with Crippen molar-refractivity contribution >= 4 is 0 Å². The minimum absolute atomic E-state index is 0.128. The van der Waals surface area contributed by atoms with Crippen molar-refractivity contribution < 1.29 is 14.6 Å². The molecule has 1 aliphatic heterocycles. The Bertz CT molecular complexity index is 783. The van der Waals surface area contributed by atoms with Gasteiger partial charge < -0.3 is 14.6 Å². The van der Waals surface area contributed by atoms with Gasteiger partial charge in [0, 0.05) is 0 Å². The van der Waals surface area contributed by atoms with Crippen LogP contribution in [-0.4, -0.2) is 30.2 Å². The molecule has 0 amide bonds. The maximum atomic E-state index is 10.5. The van der Waals surface area contributed by atoms with Crippen molar-refractivity contribution in [3.05, 3.63) is 23.3 Å². The lowest BCUT2D eigenvalue weighted by Gasteiger charge is -2.59. The van der Waals surface area contributed by atoms with Gasteiger partial charge in [0.25, 0.3) is 0 Å². The van der Waals surface area contributed by atoms with Crippen molar-refractivity contribution in [3.63, 3.8) is 0 Å². The summed E-state index contributed by atoms with van der Waals surface area (Å²) in [5.41, 5.74) is 3.92. The minimum Gasteiger partial charge on any atom is -0.393 e. The van der Waals surface area contributed by atoms with Crippen molar-refractivity contribution in [2.24, 2.45) is 46.3 Å². The number of hydrogen-bond donors (Lipinski definition) is 1. The summed E-state index contributed by atoms with van der Waals surface area (Å²) in [7, 11) is 0. The van der Waals surface area contributed by atoms with Gasteiger partial charge in [0.1, 0.15) is 12.9 Å². The molecule has 5 rings (SSSR count). The maximum Gasteiger partial charge on any atom is 0.148 e. The Hall–Kier alpha value is -0.640. The molecule has 3 saturated carbocycles.